The quantitative estimate of drug-likeness (QED) is 0.475. The molecule has 0 N–H and O–H groups in total. The Balaban J connectivity index is 1.58. The van der Waals surface area contributed by atoms with Crippen molar-refractivity contribution in [2.75, 3.05) is 0 Å². The standard InChI is InChI=1S/C25H24/c1-2-8-18(9-3-1)21-16-20-12-7-15-24(25(20)17-21)23-14-6-11-19-10-4-5-13-22(19)23/h4-7,10-16,18H,1-3,8-9,17H2. The van der Waals surface area contributed by atoms with Gasteiger partial charge in [0.2, 0.25) is 0 Å². The summed E-state index contributed by atoms with van der Waals surface area (Å²) in [5.41, 5.74) is 7.48. The molecule has 124 valence electrons. The van der Waals surface area contributed by atoms with Gasteiger partial charge in [-0.2, -0.15) is 0 Å². The van der Waals surface area contributed by atoms with E-state index in [1.54, 1.807) is 11.1 Å². The molecule has 0 unspecified atom stereocenters. The zero-order chi connectivity index (χ0) is 16.6. The summed E-state index contributed by atoms with van der Waals surface area (Å²) in [4.78, 5) is 0. The summed E-state index contributed by atoms with van der Waals surface area (Å²) in [5.74, 6) is 0.821. The third-order valence-corrected chi connectivity index (χ3v) is 6.14. The van der Waals surface area contributed by atoms with Gasteiger partial charge in [0.05, 0.1) is 0 Å². The number of hydrogen-bond acceptors (Lipinski definition) is 0. The lowest BCUT2D eigenvalue weighted by molar-refractivity contribution is 0.401. The van der Waals surface area contributed by atoms with Crippen LogP contribution >= 0.6 is 0 Å². The van der Waals surface area contributed by atoms with Crippen molar-refractivity contribution in [1.29, 1.82) is 0 Å². The first-order chi connectivity index (χ1) is 12.4. The molecule has 0 nitrogen and oxygen atoms in total. The summed E-state index contributed by atoms with van der Waals surface area (Å²) in [7, 11) is 0. The Morgan fingerprint density at radius 2 is 1.44 bits per heavy atom. The predicted molar refractivity (Wildman–Crippen MR) is 108 cm³/mol. The molecule has 0 aliphatic heterocycles. The smallest absolute Gasteiger partial charge is 0.00489 e. The Bertz CT molecular complexity index is 949. The molecule has 0 saturated heterocycles. The Kier molecular flexibility index (Phi) is 3.70. The predicted octanol–water partition coefficient (Wildman–Crippen LogP) is 7.03. The maximum atomic E-state index is 2.50. The van der Waals surface area contributed by atoms with Gasteiger partial charge in [-0.3, -0.25) is 0 Å². The van der Waals surface area contributed by atoms with E-state index in [1.165, 1.54) is 59.6 Å². The summed E-state index contributed by atoms with van der Waals surface area (Å²) in [6, 6.07) is 22.3. The van der Waals surface area contributed by atoms with E-state index in [2.05, 4.69) is 66.7 Å². The van der Waals surface area contributed by atoms with Crippen LogP contribution in [0.15, 0.2) is 66.2 Å². The lowest BCUT2D eigenvalue weighted by atomic mass is 9.82. The highest BCUT2D eigenvalue weighted by molar-refractivity contribution is 5.98. The number of hydrogen-bond donors (Lipinski definition) is 0. The van der Waals surface area contributed by atoms with E-state index in [0.717, 1.165) is 12.3 Å². The van der Waals surface area contributed by atoms with Crippen molar-refractivity contribution < 1.29 is 0 Å². The Morgan fingerprint density at radius 3 is 2.36 bits per heavy atom. The molecule has 3 aromatic rings. The van der Waals surface area contributed by atoms with Gasteiger partial charge in [-0.25, -0.2) is 0 Å². The van der Waals surface area contributed by atoms with Crippen LogP contribution in [0.2, 0.25) is 0 Å². The average molecular weight is 324 g/mol. The van der Waals surface area contributed by atoms with E-state index in [9.17, 15) is 0 Å². The van der Waals surface area contributed by atoms with Crippen LogP contribution < -0.4 is 0 Å². The summed E-state index contributed by atoms with van der Waals surface area (Å²) in [6.45, 7) is 0. The van der Waals surface area contributed by atoms with Crippen LogP contribution in [0.5, 0.6) is 0 Å². The number of fused-ring (bicyclic) bond motifs is 2. The van der Waals surface area contributed by atoms with Crippen molar-refractivity contribution in [3.63, 3.8) is 0 Å². The molecule has 0 radical (unpaired) electrons. The first kappa shape index (κ1) is 15.0. The molecule has 1 fully saturated rings. The Morgan fingerprint density at radius 1 is 0.680 bits per heavy atom. The zero-order valence-corrected chi connectivity index (χ0v) is 14.7. The van der Waals surface area contributed by atoms with E-state index in [4.69, 9.17) is 0 Å². The number of allylic oxidation sites excluding steroid dienone is 1. The van der Waals surface area contributed by atoms with Gasteiger partial charge in [-0.1, -0.05) is 91.6 Å². The minimum atomic E-state index is 0.821. The van der Waals surface area contributed by atoms with Gasteiger partial charge in [-0.15, -0.1) is 0 Å². The molecule has 0 heterocycles. The number of benzene rings is 3. The van der Waals surface area contributed by atoms with E-state index in [1.807, 2.05) is 0 Å². The van der Waals surface area contributed by atoms with Crippen LogP contribution in [0.3, 0.4) is 0 Å². The Labute approximate surface area is 150 Å². The van der Waals surface area contributed by atoms with E-state index in [0.29, 0.717) is 0 Å². The summed E-state index contributed by atoms with van der Waals surface area (Å²) in [5, 5.41) is 2.69. The monoisotopic (exact) mass is 324 g/mol. The van der Waals surface area contributed by atoms with Crippen molar-refractivity contribution in [1.82, 2.24) is 0 Å². The highest BCUT2D eigenvalue weighted by atomic mass is 14.3. The fourth-order valence-corrected chi connectivity index (χ4v) is 4.84. The largest absolute Gasteiger partial charge is 0.0621 e. The lowest BCUT2D eigenvalue weighted by Gasteiger charge is -2.23. The zero-order valence-electron chi connectivity index (χ0n) is 14.7. The highest BCUT2D eigenvalue weighted by Crippen LogP contribution is 2.41. The van der Waals surface area contributed by atoms with Gasteiger partial charge < -0.3 is 0 Å². The van der Waals surface area contributed by atoms with Gasteiger partial charge in [0, 0.05) is 0 Å². The first-order valence-corrected chi connectivity index (χ1v) is 9.71. The fraction of sp³-hybridized carbons (Fsp3) is 0.280. The van der Waals surface area contributed by atoms with Crippen molar-refractivity contribution >= 4 is 16.8 Å². The fourth-order valence-electron chi connectivity index (χ4n) is 4.84. The summed E-state index contributed by atoms with van der Waals surface area (Å²) >= 11 is 0. The van der Waals surface area contributed by atoms with Gasteiger partial charge in [0.25, 0.3) is 0 Å². The highest BCUT2D eigenvalue weighted by Gasteiger charge is 2.24. The van der Waals surface area contributed by atoms with Crippen molar-refractivity contribution in [2.24, 2.45) is 5.92 Å². The SMILES string of the molecule is C1=C(C2CCCCC2)Cc2c1cccc2-c1cccc2ccccc12. The number of rotatable bonds is 2. The molecule has 3 aromatic carbocycles. The Hall–Kier alpha value is -2.34. The van der Waals surface area contributed by atoms with Crippen molar-refractivity contribution in [3.05, 3.63) is 77.4 Å². The second-order valence-corrected chi connectivity index (χ2v) is 7.63. The molecule has 0 aromatic heterocycles. The van der Waals surface area contributed by atoms with E-state index < -0.39 is 0 Å². The summed E-state index contributed by atoms with van der Waals surface area (Å²) in [6.07, 6.45) is 10.7. The molecular formula is C25H24. The molecule has 25 heavy (non-hydrogen) atoms. The molecule has 1 saturated carbocycles. The summed E-state index contributed by atoms with van der Waals surface area (Å²) < 4.78 is 0. The average Bonchev–Trinajstić information content (AvgIpc) is 3.13. The van der Waals surface area contributed by atoms with Gasteiger partial charge in [-0.05, 0) is 58.2 Å². The first-order valence-electron chi connectivity index (χ1n) is 9.71. The third-order valence-electron chi connectivity index (χ3n) is 6.14. The molecule has 0 atom stereocenters. The second kappa shape index (κ2) is 6.19. The van der Waals surface area contributed by atoms with Gasteiger partial charge >= 0.3 is 0 Å². The molecule has 0 amide bonds. The van der Waals surface area contributed by atoms with Crippen LogP contribution in [-0.4, -0.2) is 0 Å². The van der Waals surface area contributed by atoms with Gasteiger partial charge in [0.1, 0.15) is 0 Å². The topological polar surface area (TPSA) is 0 Å². The second-order valence-electron chi connectivity index (χ2n) is 7.63. The lowest BCUT2D eigenvalue weighted by Crippen LogP contribution is -2.09. The molecule has 5 rings (SSSR count). The minimum absolute atomic E-state index is 0.821. The molecular weight excluding hydrogens is 300 g/mol. The minimum Gasteiger partial charge on any atom is -0.0621 e. The maximum Gasteiger partial charge on any atom is -0.00489 e. The molecule has 2 aliphatic rings. The van der Waals surface area contributed by atoms with Crippen LogP contribution in [-0.2, 0) is 6.42 Å². The third kappa shape index (κ3) is 2.61. The van der Waals surface area contributed by atoms with E-state index >= 15 is 0 Å². The normalized spacial score (nSPS) is 17.5. The van der Waals surface area contributed by atoms with Crippen LogP contribution in [0.1, 0.15) is 43.2 Å². The van der Waals surface area contributed by atoms with Crippen molar-refractivity contribution in [2.45, 2.75) is 38.5 Å². The van der Waals surface area contributed by atoms with Crippen LogP contribution in [0.4, 0.5) is 0 Å². The van der Waals surface area contributed by atoms with Crippen LogP contribution in [0, 0.1) is 5.92 Å². The molecule has 0 heteroatoms. The van der Waals surface area contributed by atoms with Crippen molar-refractivity contribution in [3.8, 4) is 11.1 Å². The van der Waals surface area contributed by atoms with Crippen LogP contribution in [0.25, 0.3) is 28.0 Å². The van der Waals surface area contributed by atoms with E-state index in [-0.39, 0.29) is 0 Å². The maximum absolute atomic E-state index is 2.50. The van der Waals surface area contributed by atoms with Gasteiger partial charge in [0.15, 0.2) is 0 Å². The molecule has 2 aliphatic carbocycles. The molecule has 0 spiro atoms. The molecule has 0 bridgehead atoms.